The van der Waals surface area contributed by atoms with Crippen molar-refractivity contribution in [3.63, 3.8) is 0 Å². The van der Waals surface area contributed by atoms with E-state index in [-0.39, 0.29) is 0 Å². The molecule has 0 aliphatic heterocycles. The van der Waals surface area contributed by atoms with Gasteiger partial charge in [-0.1, -0.05) is 110 Å². The van der Waals surface area contributed by atoms with Gasteiger partial charge in [-0.05, 0) is 34.4 Å². The van der Waals surface area contributed by atoms with Crippen LogP contribution in [0, 0.1) is 0 Å². The first-order valence-corrected chi connectivity index (χ1v) is 15.0. The quantitative estimate of drug-likeness (QED) is 0.262. The lowest BCUT2D eigenvalue weighted by Gasteiger charge is -2.17. The van der Waals surface area contributed by atoms with Crippen LogP contribution in [0.25, 0.3) is 43.0 Å². The molecule has 1 aromatic heterocycles. The van der Waals surface area contributed by atoms with Crippen molar-refractivity contribution in [2.45, 2.75) is 19.6 Å². The summed E-state index contributed by atoms with van der Waals surface area (Å²) in [6.45, 7) is 7.19. The maximum Gasteiger partial charge on any atom is 0.124 e. The monoisotopic (exact) mass is 435 g/mol. The number of fused-ring (bicyclic) bond motifs is 1. The Morgan fingerprint density at radius 3 is 1.77 bits per heavy atom. The highest BCUT2D eigenvalue weighted by molar-refractivity contribution is 7.21. The van der Waals surface area contributed by atoms with Crippen molar-refractivity contribution in [3.05, 3.63) is 97.1 Å². The van der Waals surface area contributed by atoms with E-state index in [0.717, 1.165) is 10.5 Å². The van der Waals surface area contributed by atoms with Crippen molar-refractivity contribution in [2.75, 3.05) is 0 Å². The zero-order chi connectivity index (χ0) is 21.4. The van der Waals surface area contributed by atoms with Crippen LogP contribution in [0.4, 0.5) is 0 Å². The van der Waals surface area contributed by atoms with E-state index < -0.39 is 8.07 Å². The summed E-state index contributed by atoms with van der Waals surface area (Å²) in [6, 6.07) is 35.0. The molecule has 0 bridgehead atoms. The predicted molar refractivity (Wildman–Crippen MR) is 139 cm³/mol. The van der Waals surface area contributed by atoms with Crippen LogP contribution >= 0.6 is 11.3 Å². The van der Waals surface area contributed by atoms with Gasteiger partial charge in [-0.3, -0.25) is 0 Å². The number of para-hydroxylation sites is 1. The molecule has 152 valence electrons. The Bertz CT molecular complexity index is 1310. The molecule has 0 amide bonds. The molecule has 0 aliphatic carbocycles. The summed E-state index contributed by atoms with van der Waals surface area (Å²) in [5.41, 5.74) is 7.28. The molecule has 0 unspecified atom stereocenters. The van der Waals surface area contributed by atoms with Gasteiger partial charge in [-0.25, -0.2) is 4.98 Å². The number of hydrogen-bond acceptors (Lipinski definition) is 2. The first-order chi connectivity index (χ1) is 15.0. The fourth-order valence-corrected chi connectivity index (χ4v) is 5.98. The third kappa shape index (κ3) is 4.12. The van der Waals surface area contributed by atoms with E-state index >= 15 is 0 Å². The number of rotatable bonds is 4. The van der Waals surface area contributed by atoms with Crippen LogP contribution in [0.5, 0.6) is 0 Å². The first-order valence-electron chi connectivity index (χ1n) is 10.6. The molecule has 5 rings (SSSR count). The Hall–Kier alpha value is -3.01. The van der Waals surface area contributed by atoms with Crippen LogP contribution in [-0.2, 0) is 0 Å². The van der Waals surface area contributed by atoms with Crippen LogP contribution in [0.3, 0.4) is 0 Å². The third-order valence-electron chi connectivity index (χ3n) is 5.71. The van der Waals surface area contributed by atoms with E-state index in [2.05, 4.69) is 111 Å². The molecule has 0 atom stereocenters. The molecule has 0 saturated carbocycles. The molecule has 1 nitrogen and oxygen atoms in total. The van der Waals surface area contributed by atoms with Crippen molar-refractivity contribution in [1.29, 1.82) is 0 Å². The molecular formula is C28H25NSSi. The molecule has 0 fully saturated rings. The highest BCUT2D eigenvalue weighted by atomic mass is 32.1. The summed E-state index contributed by atoms with van der Waals surface area (Å²) in [5, 5.41) is 2.57. The third-order valence-corrected chi connectivity index (χ3v) is 8.83. The standard InChI is InChI=1S/C28H25NSSi/c1-31(2,3)25-8-6-7-24(19-25)22-13-11-20(12-14-22)21-15-17-23(18-16-21)28-29-26-9-4-5-10-27(26)30-28/h4-19H,1-3H3. The minimum absolute atomic E-state index is 1.07. The highest BCUT2D eigenvalue weighted by Crippen LogP contribution is 2.32. The topological polar surface area (TPSA) is 12.9 Å². The minimum atomic E-state index is -1.31. The van der Waals surface area contributed by atoms with E-state index in [1.54, 1.807) is 11.3 Å². The Balaban J connectivity index is 1.40. The lowest BCUT2D eigenvalue weighted by Crippen LogP contribution is -2.37. The number of aromatic nitrogens is 1. The Kier molecular flexibility index (Phi) is 5.09. The van der Waals surface area contributed by atoms with Crippen molar-refractivity contribution < 1.29 is 0 Å². The molecule has 0 N–H and O–H groups in total. The number of nitrogens with zero attached hydrogens (tertiary/aromatic N) is 1. The summed E-state index contributed by atoms with van der Waals surface area (Å²) >= 11 is 1.75. The van der Waals surface area contributed by atoms with Gasteiger partial charge in [0.05, 0.1) is 18.3 Å². The number of thiazole rings is 1. The van der Waals surface area contributed by atoms with Gasteiger partial charge in [0.15, 0.2) is 0 Å². The van der Waals surface area contributed by atoms with Crippen LogP contribution in [0.1, 0.15) is 0 Å². The lowest BCUT2D eigenvalue weighted by molar-refractivity contribution is 1.47. The van der Waals surface area contributed by atoms with Gasteiger partial charge in [-0.15, -0.1) is 11.3 Å². The van der Waals surface area contributed by atoms with E-state index in [0.29, 0.717) is 0 Å². The summed E-state index contributed by atoms with van der Waals surface area (Å²) in [6.07, 6.45) is 0. The SMILES string of the molecule is C[Si](C)(C)c1cccc(-c2ccc(-c3ccc(-c4nc5ccccc5s4)cc3)cc2)c1. The van der Waals surface area contributed by atoms with Gasteiger partial charge < -0.3 is 0 Å². The average molecular weight is 436 g/mol. The second kappa shape index (κ2) is 7.91. The zero-order valence-electron chi connectivity index (χ0n) is 18.1. The van der Waals surface area contributed by atoms with Gasteiger partial charge in [0.25, 0.3) is 0 Å². The molecule has 0 aliphatic rings. The summed E-state index contributed by atoms with van der Waals surface area (Å²) in [7, 11) is -1.31. The molecule has 4 aromatic carbocycles. The lowest BCUT2D eigenvalue weighted by atomic mass is 10.00. The molecule has 0 radical (unpaired) electrons. The van der Waals surface area contributed by atoms with Gasteiger partial charge in [0.1, 0.15) is 5.01 Å². The Morgan fingerprint density at radius 2 is 1.16 bits per heavy atom. The average Bonchev–Trinajstić information content (AvgIpc) is 3.23. The molecular weight excluding hydrogens is 410 g/mol. The Labute approximate surface area is 189 Å². The normalized spacial score (nSPS) is 11.7. The zero-order valence-corrected chi connectivity index (χ0v) is 19.9. The van der Waals surface area contributed by atoms with Gasteiger partial charge >= 0.3 is 0 Å². The summed E-state index contributed by atoms with van der Waals surface area (Å²) in [4.78, 5) is 4.78. The van der Waals surface area contributed by atoms with E-state index in [9.17, 15) is 0 Å². The molecule has 1 heterocycles. The second-order valence-electron chi connectivity index (χ2n) is 8.97. The van der Waals surface area contributed by atoms with Crippen LogP contribution in [0.15, 0.2) is 97.1 Å². The first kappa shape index (κ1) is 19.9. The Morgan fingerprint density at radius 1 is 0.581 bits per heavy atom. The number of benzene rings is 4. The smallest absolute Gasteiger partial charge is 0.124 e. The van der Waals surface area contributed by atoms with Crippen LogP contribution in [-0.4, -0.2) is 13.1 Å². The second-order valence-corrected chi connectivity index (χ2v) is 15.1. The van der Waals surface area contributed by atoms with Crippen molar-refractivity contribution in [3.8, 4) is 32.8 Å². The molecule has 0 saturated heterocycles. The van der Waals surface area contributed by atoms with E-state index in [1.807, 2.05) is 6.07 Å². The van der Waals surface area contributed by atoms with Gasteiger partial charge in [0, 0.05) is 5.56 Å². The highest BCUT2D eigenvalue weighted by Gasteiger charge is 2.16. The molecule has 5 aromatic rings. The minimum Gasteiger partial charge on any atom is -0.236 e. The van der Waals surface area contributed by atoms with Crippen molar-refractivity contribution >= 4 is 34.8 Å². The largest absolute Gasteiger partial charge is 0.236 e. The molecule has 3 heteroatoms. The van der Waals surface area contributed by atoms with Crippen molar-refractivity contribution in [2.24, 2.45) is 0 Å². The predicted octanol–water partition coefficient (Wildman–Crippen LogP) is 7.84. The fourth-order valence-electron chi connectivity index (χ4n) is 3.82. The van der Waals surface area contributed by atoms with Crippen molar-refractivity contribution in [1.82, 2.24) is 4.98 Å². The number of hydrogen-bond donors (Lipinski definition) is 0. The molecule has 0 spiro atoms. The fraction of sp³-hybridized carbons (Fsp3) is 0.107. The molecule has 31 heavy (non-hydrogen) atoms. The van der Waals surface area contributed by atoms with E-state index in [4.69, 9.17) is 4.98 Å². The summed E-state index contributed by atoms with van der Waals surface area (Å²) in [5.74, 6) is 0. The summed E-state index contributed by atoms with van der Waals surface area (Å²) < 4.78 is 1.23. The maximum absolute atomic E-state index is 4.78. The maximum atomic E-state index is 4.78. The van der Waals surface area contributed by atoms with Gasteiger partial charge in [0.2, 0.25) is 0 Å². The van der Waals surface area contributed by atoms with E-state index in [1.165, 1.54) is 37.7 Å². The van der Waals surface area contributed by atoms with Crippen LogP contribution < -0.4 is 5.19 Å². The van der Waals surface area contributed by atoms with Crippen LogP contribution in [0.2, 0.25) is 19.6 Å². The van der Waals surface area contributed by atoms with Gasteiger partial charge in [-0.2, -0.15) is 0 Å².